The average Bonchev–Trinajstić information content (AvgIpc) is 2.72. The Hall–Kier alpha value is -3.05. The lowest BCUT2D eigenvalue weighted by molar-refractivity contribution is -0.148. The van der Waals surface area contributed by atoms with Crippen LogP contribution in [0, 0.1) is 34.0 Å². The Labute approximate surface area is 159 Å². The van der Waals surface area contributed by atoms with Crippen molar-refractivity contribution in [2.24, 2.45) is 17.1 Å². The fraction of sp³-hybridized carbons (Fsp3) is 0.409. The van der Waals surface area contributed by atoms with Gasteiger partial charge in [-0.05, 0) is 36.3 Å². The van der Waals surface area contributed by atoms with Gasteiger partial charge in [0.05, 0.1) is 24.4 Å². The maximum Gasteiger partial charge on any atom is 0.333 e. The van der Waals surface area contributed by atoms with E-state index in [4.69, 9.17) is 10.5 Å². The molecular formula is C22H23N3O2. The van der Waals surface area contributed by atoms with Crippen molar-refractivity contribution in [2.75, 3.05) is 7.11 Å². The first-order chi connectivity index (χ1) is 13.0. The summed E-state index contributed by atoms with van der Waals surface area (Å²) < 4.78 is 5.02. The lowest BCUT2D eigenvalue weighted by Crippen LogP contribution is -2.46. The van der Waals surface area contributed by atoms with Gasteiger partial charge >= 0.3 is 5.97 Å². The minimum absolute atomic E-state index is 0.0156. The predicted molar refractivity (Wildman–Crippen MR) is 101 cm³/mol. The number of hydrogen-bond acceptors (Lipinski definition) is 5. The lowest BCUT2D eigenvalue weighted by atomic mass is 9.58. The molecule has 0 bridgehead atoms. The smallest absolute Gasteiger partial charge is 0.333 e. The van der Waals surface area contributed by atoms with Crippen LogP contribution in [0.3, 0.4) is 0 Å². The third-order valence-corrected chi connectivity index (χ3v) is 5.98. The minimum atomic E-state index is -1.73. The number of nitrogens with two attached hydrogens (primary N) is 1. The number of ether oxygens (including phenoxy) is 1. The number of rotatable bonds is 3. The Morgan fingerprint density at radius 3 is 2.59 bits per heavy atom. The van der Waals surface area contributed by atoms with Crippen LogP contribution in [0.4, 0.5) is 0 Å². The summed E-state index contributed by atoms with van der Waals surface area (Å²) in [7, 11) is 1.25. The fourth-order valence-electron chi connectivity index (χ4n) is 4.53. The summed E-state index contributed by atoms with van der Waals surface area (Å²) in [5.41, 5.74) is 7.65. The molecule has 5 heteroatoms. The first-order valence-electron chi connectivity index (χ1n) is 9.22. The third-order valence-electron chi connectivity index (χ3n) is 5.98. The molecule has 3 rings (SSSR count). The van der Waals surface area contributed by atoms with E-state index < -0.39 is 17.3 Å². The summed E-state index contributed by atoms with van der Waals surface area (Å²) in [6.45, 7) is 2.14. The van der Waals surface area contributed by atoms with Gasteiger partial charge in [0.15, 0.2) is 0 Å². The topological polar surface area (TPSA) is 99.9 Å². The maximum absolute atomic E-state index is 12.9. The number of benzene rings is 1. The Balaban J connectivity index is 2.35. The second-order valence-corrected chi connectivity index (χ2v) is 7.18. The van der Waals surface area contributed by atoms with Crippen LogP contribution >= 0.6 is 0 Å². The molecule has 1 aromatic rings. The summed E-state index contributed by atoms with van der Waals surface area (Å²) in [5.74, 6) is -0.796. The number of methoxy groups -OCH3 is 1. The Kier molecular flexibility index (Phi) is 5.06. The molecule has 3 atom stereocenters. The van der Waals surface area contributed by atoms with Gasteiger partial charge < -0.3 is 10.5 Å². The van der Waals surface area contributed by atoms with Gasteiger partial charge in [-0.1, -0.05) is 49.2 Å². The van der Waals surface area contributed by atoms with Gasteiger partial charge in [-0.15, -0.1) is 0 Å². The van der Waals surface area contributed by atoms with Crippen LogP contribution in [0.2, 0.25) is 0 Å². The molecule has 2 aliphatic carbocycles. The van der Waals surface area contributed by atoms with Crippen molar-refractivity contribution in [3.63, 3.8) is 0 Å². The molecule has 5 nitrogen and oxygen atoms in total. The highest BCUT2D eigenvalue weighted by molar-refractivity contribution is 5.88. The summed E-state index contributed by atoms with van der Waals surface area (Å²) in [6, 6.07) is 13.8. The van der Waals surface area contributed by atoms with E-state index in [2.05, 4.69) is 19.1 Å². The highest BCUT2D eigenvalue weighted by Crippen LogP contribution is 2.56. The van der Waals surface area contributed by atoms with Crippen molar-refractivity contribution in [3.8, 4) is 12.1 Å². The Bertz CT molecular complexity index is 902. The lowest BCUT2D eigenvalue weighted by Gasteiger charge is -2.43. The summed E-state index contributed by atoms with van der Waals surface area (Å²) in [5, 5.41) is 20.0. The minimum Gasteiger partial charge on any atom is -0.468 e. The van der Waals surface area contributed by atoms with Gasteiger partial charge in [-0.3, -0.25) is 0 Å². The van der Waals surface area contributed by atoms with Gasteiger partial charge in [0.25, 0.3) is 0 Å². The first kappa shape index (κ1) is 18.7. The van der Waals surface area contributed by atoms with E-state index in [9.17, 15) is 15.3 Å². The summed E-state index contributed by atoms with van der Waals surface area (Å²) in [4.78, 5) is 12.9. The second-order valence-electron chi connectivity index (χ2n) is 7.18. The zero-order valence-electron chi connectivity index (χ0n) is 15.7. The van der Waals surface area contributed by atoms with E-state index in [0.29, 0.717) is 5.92 Å². The maximum atomic E-state index is 12.9. The molecule has 0 saturated heterocycles. The van der Waals surface area contributed by atoms with E-state index in [-0.39, 0.29) is 11.3 Å². The molecule has 0 heterocycles. The van der Waals surface area contributed by atoms with Crippen molar-refractivity contribution < 1.29 is 9.53 Å². The normalized spacial score (nSPS) is 27.4. The molecule has 0 amide bonds. The fourth-order valence-corrected chi connectivity index (χ4v) is 4.53. The Morgan fingerprint density at radius 2 is 2.04 bits per heavy atom. The van der Waals surface area contributed by atoms with Crippen LogP contribution < -0.4 is 5.73 Å². The van der Waals surface area contributed by atoms with Crippen molar-refractivity contribution in [1.29, 1.82) is 10.5 Å². The second kappa shape index (κ2) is 7.29. The highest BCUT2D eigenvalue weighted by atomic mass is 16.5. The number of nitriles is 2. The van der Waals surface area contributed by atoms with Gasteiger partial charge in [-0.25, -0.2) is 4.79 Å². The summed E-state index contributed by atoms with van der Waals surface area (Å²) >= 11 is 0. The van der Waals surface area contributed by atoms with Gasteiger partial charge in [0.2, 0.25) is 5.41 Å². The highest BCUT2D eigenvalue weighted by Gasteiger charge is 2.56. The van der Waals surface area contributed by atoms with Gasteiger partial charge in [0, 0.05) is 5.92 Å². The molecule has 0 aliphatic heterocycles. The molecule has 27 heavy (non-hydrogen) atoms. The van der Waals surface area contributed by atoms with Gasteiger partial charge in [0.1, 0.15) is 6.07 Å². The largest absolute Gasteiger partial charge is 0.468 e. The van der Waals surface area contributed by atoms with Crippen LogP contribution in [-0.4, -0.2) is 13.1 Å². The van der Waals surface area contributed by atoms with Crippen LogP contribution in [-0.2, 0) is 9.53 Å². The predicted octanol–water partition coefficient (Wildman–Crippen LogP) is 3.71. The van der Waals surface area contributed by atoms with E-state index in [1.165, 1.54) is 7.11 Å². The molecule has 0 spiro atoms. The number of carbonyl (C=O) groups is 1. The zero-order chi connectivity index (χ0) is 19.6. The molecule has 1 aromatic carbocycles. The zero-order valence-corrected chi connectivity index (χ0v) is 15.7. The summed E-state index contributed by atoms with van der Waals surface area (Å²) in [6.07, 6.45) is 3.48. The number of carbonyl (C=O) groups excluding carboxylic acids is 1. The van der Waals surface area contributed by atoms with Crippen molar-refractivity contribution >= 4 is 5.97 Å². The molecule has 2 N–H and O–H groups in total. The first-order valence-corrected chi connectivity index (χ1v) is 9.22. The van der Waals surface area contributed by atoms with Gasteiger partial charge in [-0.2, -0.15) is 10.5 Å². The number of nitrogens with zero attached hydrogens (tertiary/aromatic N) is 2. The molecule has 2 aliphatic rings. The molecule has 0 saturated carbocycles. The Morgan fingerprint density at radius 1 is 1.33 bits per heavy atom. The van der Waals surface area contributed by atoms with Crippen LogP contribution in [0.1, 0.15) is 44.1 Å². The van der Waals surface area contributed by atoms with E-state index in [0.717, 1.165) is 42.4 Å². The van der Waals surface area contributed by atoms with Crippen LogP contribution in [0.5, 0.6) is 0 Å². The molecule has 0 fully saturated rings. The van der Waals surface area contributed by atoms with E-state index in [1.807, 2.05) is 30.3 Å². The van der Waals surface area contributed by atoms with Crippen molar-refractivity contribution in [2.45, 2.75) is 38.5 Å². The van der Waals surface area contributed by atoms with E-state index in [1.54, 1.807) is 0 Å². The standard InChI is InChI=1S/C22H23N3O2/c1-3-14-9-10-16-17(11-14)19(15-7-5-4-6-8-15)22(13-24,21(26)27-2)20(25)18(16)12-23/h4-8,14,19H,3,9-11,25H2,1-2H3/t14-,19-,22+/m0/s1. The number of esters is 1. The van der Waals surface area contributed by atoms with Crippen molar-refractivity contribution in [3.05, 3.63) is 58.3 Å². The SMILES string of the molecule is CC[C@H]1CCC2=C(C1)[C@H](c1ccccc1)[C@@](C#N)(C(=O)OC)C(N)=C2C#N. The number of allylic oxidation sites excluding steroid dienone is 3. The number of hydrogen-bond donors (Lipinski definition) is 1. The molecule has 138 valence electrons. The van der Waals surface area contributed by atoms with Crippen molar-refractivity contribution in [1.82, 2.24) is 0 Å². The monoisotopic (exact) mass is 361 g/mol. The quantitative estimate of drug-likeness (QED) is 0.827. The van der Waals surface area contributed by atoms with Crippen LogP contribution in [0.25, 0.3) is 0 Å². The molecule has 0 aromatic heterocycles. The molecular weight excluding hydrogens is 338 g/mol. The molecule has 0 radical (unpaired) electrons. The third kappa shape index (κ3) is 2.71. The van der Waals surface area contributed by atoms with E-state index >= 15 is 0 Å². The molecule has 0 unspecified atom stereocenters. The average molecular weight is 361 g/mol. The van der Waals surface area contributed by atoms with Crippen LogP contribution in [0.15, 0.2) is 52.7 Å².